The van der Waals surface area contributed by atoms with Crippen molar-refractivity contribution in [2.75, 3.05) is 0 Å². The van der Waals surface area contributed by atoms with E-state index in [1.54, 1.807) is 24.3 Å². The number of benzene rings is 1. The van der Waals surface area contributed by atoms with Gasteiger partial charge in [-0.3, -0.25) is 10.1 Å². The van der Waals surface area contributed by atoms with Crippen molar-refractivity contribution in [2.24, 2.45) is 0 Å². The summed E-state index contributed by atoms with van der Waals surface area (Å²) in [6.07, 6.45) is 0.388. The molecule has 0 amide bonds. The normalized spacial score (nSPS) is 12.3. The second-order valence-corrected chi connectivity index (χ2v) is 5.57. The predicted octanol–water partition coefficient (Wildman–Crippen LogP) is 4.83. The quantitative estimate of drug-likeness (QED) is 0.461. The summed E-state index contributed by atoms with van der Waals surface area (Å²) in [6, 6.07) is 8.38. The Balaban J connectivity index is 2.25. The van der Waals surface area contributed by atoms with Gasteiger partial charge >= 0.3 is 0 Å². The van der Waals surface area contributed by atoms with E-state index in [0.717, 1.165) is 4.88 Å². The minimum Gasteiger partial charge on any atom is -0.258 e. The second kappa shape index (κ2) is 5.69. The monoisotopic (exact) mass is 301 g/mol. The lowest BCUT2D eigenvalue weighted by molar-refractivity contribution is -0.385. The fraction of sp³-hybridized carbons (Fsp3) is 0.167. The van der Waals surface area contributed by atoms with Crippen LogP contribution in [0.4, 0.5) is 5.69 Å². The molecule has 1 heterocycles. The van der Waals surface area contributed by atoms with E-state index in [-0.39, 0.29) is 11.1 Å². The number of thiophene rings is 1. The van der Waals surface area contributed by atoms with E-state index in [9.17, 15) is 10.1 Å². The maximum Gasteiger partial charge on any atom is 0.272 e. The molecule has 1 aromatic heterocycles. The van der Waals surface area contributed by atoms with Crippen molar-refractivity contribution < 1.29 is 4.92 Å². The van der Waals surface area contributed by atoms with Gasteiger partial charge in [0.05, 0.1) is 15.3 Å². The molecule has 0 spiro atoms. The summed E-state index contributed by atoms with van der Waals surface area (Å²) in [5, 5.41) is 13.0. The first-order valence-corrected chi connectivity index (χ1v) is 6.88. The third-order valence-electron chi connectivity index (χ3n) is 2.52. The zero-order valence-electron chi connectivity index (χ0n) is 9.18. The molecule has 2 rings (SSSR count). The summed E-state index contributed by atoms with van der Waals surface area (Å²) in [6.45, 7) is 0. The number of nitro groups is 1. The fourth-order valence-corrected chi connectivity index (χ4v) is 3.34. The number of nitrogens with zero attached hydrogens (tertiary/aromatic N) is 1. The van der Waals surface area contributed by atoms with Crippen molar-refractivity contribution in [1.29, 1.82) is 0 Å². The molecule has 0 aliphatic carbocycles. The van der Waals surface area contributed by atoms with Crippen molar-refractivity contribution in [3.8, 4) is 0 Å². The van der Waals surface area contributed by atoms with Crippen LogP contribution in [0.5, 0.6) is 0 Å². The molecule has 0 aliphatic heterocycles. The highest BCUT2D eigenvalue weighted by atomic mass is 35.5. The molecule has 0 fully saturated rings. The molecule has 0 bridgehead atoms. The van der Waals surface area contributed by atoms with Gasteiger partial charge in [0.1, 0.15) is 0 Å². The minimum absolute atomic E-state index is 0.0934. The fourth-order valence-electron chi connectivity index (χ4n) is 1.68. The van der Waals surface area contributed by atoms with E-state index in [1.165, 1.54) is 17.4 Å². The Morgan fingerprint density at radius 2 is 2.06 bits per heavy atom. The summed E-state index contributed by atoms with van der Waals surface area (Å²) < 4.78 is 0. The molecule has 1 aromatic carbocycles. The molecule has 1 atom stereocenters. The van der Waals surface area contributed by atoms with Crippen molar-refractivity contribution >= 4 is 40.2 Å². The zero-order valence-corrected chi connectivity index (χ0v) is 11.5. The van der Waals surface area contributed by atoms with Crippen LogP contribution >= 0.6 is 34.5 Å². The molecule has 0 radical (unpaired) electrons. The molecule has 0 aliphatic rings. The van der Waals surface area contributed by atoms with Gasteiger partial charge in [0, 0.05) is 22.9 Å². The Morgan fingerprint density at radius 3 is 2.67 bits per heavy atom. The van der Waals surface area contributed by atoms with Gasteiger partial charge in [-0.05, 0) is 11.4 Å². The van der Waals surface area contributed by atoms with Gasteiger partial charge in [-0.1, -0.05) is 29.8 Å². The largest absolute Gasteiger partial charge is 0.272 e. The SMILES string of the molecule is O=[N+]([O-])c1ccccc1CC(Cl)c1sccc1Cl. The Kier molecular flexibility index (Phi) is 4.22. The van der Waals surface area contributed by atoms with Crippen molar-refractivity contribution in [3.63, 3.8) is 0 Å². The lowest BCUT2D eigenvalue weighted by Crippen LogP contribution is -1.99. The van der Waals surface area contributed by atoms with Gasteiger partial charge < -0.3 is 0 Å². The van der Waals surface area contributed by atoms with Crippen LogP contribution in [0.15, 0.2) is 35.7 Å². The first-order valence-electron chi connectivity index (χ1n) is 5.19. The van der Waals surface area contributed by atoms with E-state index < -0.39 is 4.92 Å². The molecular weight excluding hydrogens is 293 g/mol. The standard InChI is InChI=1S/C12H9Cl2NO2S/c13-9-5-6-18-12(9)10(14)7-8-3-1-2-4-11(8)15(16)17/h1-6,10H,7H2. The molecule has 0 saturated carbocycles. The maximum absolute atomic E-state index is 10.9. The summed E-state index contributed by atoms with van der Waals surface area (Å²) in [5.41, 5.74) is 0.711. The van der Waals surface area contributed by atoms with Gasteiger partial charge in [-0.2, -0.15) is 0 Å². The van der Waals surface area contributed by atoms with Crippen molar-refractivity contribution in [2.45, 2.75) is 11.8 Å². The Morgan fingerprint density at radius 1 is 1.33 bits per heavy atom. The van der Waals surface area contributed by atoms with Gasteiger partial charge in [-0.25, -0.2) is 0 Å². The summed E-state index contributed by atoms with van der Waals surface area (Å²) >= 11 is 13.7. The molecule has 0 saturated heterocycles. The van der Waals surface area contributed by atoms with Crippen molar-refractivity contribution in [3.05, 3.63) is 61.3 Å². The third kappa shape index (κ3) is 2.83. The van der Waals surface area contributed by atoms with Gasteiger partial charge in [0.25, 0.3) is 5.69 Å². The summed E-state index contributed by atoms with van der Waals surface area (Å²) in [5.74, 6) is 0. The lowest BCUT2D eigenvalue weighted by Gasteiger charge is -2.08. The summed E-state index contributed by atoms with van der Waals surface area (Å²) in [4.78, 5) is 11.3. The summed E-state index contributed by atoms with van der Waals surface area (Å²) in [7, 11) is 0. The van der Waals surface area contributed by atoms with E-state index in [1.807, 2.05) is 5.38 Å². The number of hydrogen-bond acceptors (Lipinski definition) is 3. The molecule has 18 heavy (non-hydrogen) atoms. The van der Waals surface area contributed by atoms with Crippen molar-refractivity contribution in [1.82, 2.24) is 0 Å². The molecule has 6 heteroatoms. The number of rotatable bonds is 4. The highest BCUT2D eigenvalue weighted by molar-refractivity contribution is 7.11. The second-order valence-electron chi connectivity index (χ2n) is 3.69. The van der Waals surface area contributed by atoms with E-state index in [4.69, 9.17) is 23.2 Å². The van der Waals surface area contributed by atoms with E-state index >= 15 is 0 Å². The zero-order chi connectivity index (χ0) is 13.1. The number of alkyl halides is 1. The first-order chi connectivity index (χ1) is 8.59. The van der Waals surface area contributed by atoms with Gasteiger partial charge in [0.15, 0.2) is 0 Å². The highest BCUT2D eigenvalue weighted by Crippen LogP contribution is 2.36. The average molecular weight is 302 g/mol. The number of hydrogen-bond donors (Lipinski definition) is 0. The van der Waals surface area contributed by atoms with E-state index in [0.29, 0.717) is 17.0 Å². The minimum atomic E-state index is -0.394. The Bertz CT molecular complexity index is 571. The van der Waals surface area contributed by atoms with Crippen LogP contribution in [0, 0.1) is 10.1 Å². The van der Waals surface area contributed by atoms with E-state index in [2.05, 4.69) is 0 Å². The lowest BCUT2D eigenvalue weighted by atomic mass is 10.1. The van der Waals surface area contributed by atoms with Crippen LogP contribution in [-0.4, -0.2) is 4.92 Å². The maximum atomic E-state index is 10.9. The predicted molar refractivity (Wildman–Crippen MR) is 74.7 cm³/mol. The Hall–Kier alpha value is -1.10. The third-order valence-corrected chi connectivity index (χ3v) is 4.49. The van der Waals surface area contributed by atoms with Crippen LogP contribution < -0.4 is 0 Å². The molecular formula is C12H9Cl2NO2S. The molecule has 0 N–H and O–H groups in total. The molecule has 3 nitrogen and oxygen atoms in total. The van der Waals surface area contributed by atoms with Gasteiger partial charge in [-0.15, -0.1) is 22.9 Å². The topological polar surface area (TPSA) is 43.1 Å². The highest BCUT2D eigenvalue weighted by Gasteiger charge is 2.19. The van der Waals surface area contributed by atoms with Crippen LogP contribution in [-0.2, 0) is 6.42 Å². The molecule has 2 aromatic rings. The van der Waals surface area contributed by atoms with Gasteiger partial charge in [0.2, 0.25) is 0 Å². The molecule has 94 valence electrons. The number of para-hydroxylation sites is 1. The number of halogens is 2. The first kappa shape index (κ1) is 13.3. The molecule has 1 unspecified atom stereocenters. The average Bonchev–Trinajstić information content (AvgIpc) is 2.76. The Labute approximate surface area is 118 Å². The smallest absolute Gasteiger partial charge is 0.258 e. The van der Waals surface area contributed by atoms with Crippen LogP contribution in [0.25, 0.3) is 0 Å². The van der Waals surface area contributed by atoms with Crippen LogP contribution in [0.1, 0.15) is 15.8 Å². The van der Waals surface area contributed by atoms with Crippen LogP contribution in [0.2, 0.25) is 5.02 Å². The van der Waals surface area contributed by atoms with Crippen LogP contribution in [0.3, 0.4) is 0 Å². The number of nitro benzene ring substituents is 1.